The maximum absolute atomic E-state index is 11.9. The SMILES string of the molecule is Cc1ccc(C)c(C(O)CN2C(=O)CC(C)CC2=O)c1. The van der Waals surface area contributed by atoms with Crippen LogP contribution in [-0.2, 0) is 9.59 Å². The van der Waals surface area contributed by atoms with Crippen molar-refractivity contribution >= 4 is 11.8 Å². The number of aliphatic hydroxyl groups excluding tert-OH is 1. The molecule has 0 radical (unpaired) electrons. The fraction of sp³-hybridized carbons (Fsp3) is 0.500. The molecular formula is C16H21NO3. The molecule has 0 aliphatic carbocycles. The summed E-state index contributed by atoms with van der Waals surface area (Å²) in [6, 6.07) is 5.82. The van der Waals surface area contributed by atoms with Gasteiger partial charge in [-0.25, -0.2) is 0 Å². The first-order valence-electron chi connectivity index (χ1n) is 6.97. The van der Waals surface area contributed by atoms with Gasteiger partial charge in [-0.2, -0.15) is 0 Å². The first-order valence-corrected chi connectivity index (χ1v) is 6.97. The molecule has 20 heavy (non-hydrogen) atoms. The number of β-amino-alcohol motifs (C(OH)–C–C–N with tert-alkyl or cyclic N) is 1. The van der Waals surface area contributed by atoms with Gasteiger partial charge in [-0.05, 0) is 30.9 Å². The molecule has 0 saturated carbocycles. The average Bonchev–Trinajstić information content (AvgIpc) is 2.36. The van der Waals surface area contributed by atoms with Crippen molar-refractivity contribution in [3.8, 4) is 0 Å². The molecule has 0 bridgehead atoms. The molecule has 1 saturated heterocycles. The van der Waals surface area contributed by atoms with Gasteiger partial charge < -0.3 is 5.11 Å². The van der Waals surface area contributed by atoms with Gasteiger partial charge in [-0.3, -0.25) is 14.5 Å². The van der Waals surface area contributed by atoms with Gasteiger partial charge in [0.1, 0.15) is 0 Å². The predicted octanol–water partition coefficient (Wildman–Crippen LogP) is 2.12. The van der Waals surface area contributed by atoms with E-state index in [4.69, 9.17) is 0 Å². The number of hydrogen-bond acceptors (Lipinski definition) is 3. The molecule has 1 aromatic carbocycles. The zero-order valence-corrected chi connectivity index (χ0v) is 12.2. The third kappa shape index (κ3) is 3.07. The van der Waals surface area contributed by atoms with Crippen molar-refractivity contribution in [2.75, 3.05) is 6.54 Å². The van der Waals surface area contributed by atoms with Crippen LogP contribution in [-0.4, -0.2) is 28.4 Å². The summed E-state index contributed by atoms with van der Waals surface area (Å²) in [7, 11) is 0. The number of hydrogen-bond donors (Lipinski definition) is 1. The van der Waals surface area contributed by atoms with Crippen LogP contribution < -0.4 is 0 Å². The van der Waals surface area contributed by atoms with Crippen LogP contribution in [0.1, 0.15) is 42.6 Å². The smallest absolute Gasteiger partial charge is 0.229 e. The van der Waals surface area contributed by atoms with Crippen LogP contribution in [0.15, 0.2) is 18.2 Å². The van der Waals surface area contributed by atoms with E-state index >= 15 is 0 Å². The lowest BCUT2D eigenvalue weighted by atomic mass is 9.96. The molecule has 1 aliphatic rings. The number of nitrogens with zero attached hydrogens (tertiary/aromatic N) is 1. The van der Waals surface area contributed by atoms with Gasteiger partial charge in [-0.15, -0.1) is 0 Å². The van der Waals surface area contributed by atoms with Gasteiger partial charge in [0.05, 0.1) is 12.6 Å². The highest BCUT2D eigenvalue weighted by molar-refractivity contribution is 5.97. The number of benzene rings is 1. The molecule has 0 aromatic heterocycles. The number of aryl methyl sites for hydroxylation is 2. The van der Waals surface area contributed by atoms with Crippen molar-refractivity contribution in [3.05, 3.63) is 34.9 Å². The van der Waals surface area contributed by atoms with Crippen LogP contribution in [0.5, 0.6) is 0 Å². The summed E-state index contributed by atoms with van der Waals surface area (Å²) >= 11 is 0. The van der Waals surface area contributed by atoms with E-state index in [9.17, 15) is 14.7 Å². The van der Waals surface area contributed by atoms with Crippen LogP contribution in [0, 0.1) is 19.8 Å². The molecule has 4 nitrogen and oxygen atoms in total. The molecule has 2 amide bonds. The molecule has 0 spiro atoms. The summed E-state index contributed by atoms with van der Waals surface area (Å²) < 4.78 is 0. The van der Waals surface area contributed by atoms with E-state index < -0.39 is 6.10 Å². The lowest BCUT2D eigenvalue weighted by Crippen LogP contribution is -2.44. The van der Waals surface area contributed by atoms with E-state index in [2.05, 4.69) is 0 Å². The Balaban J connectivity index is 2.15. The van der Waals surface area contributed by atoms with E-state index in [-0.39, 0.29) is 24.3 Å². The highest BCUT2D eigenvalue weighted by Gasteiger charge is 2.32. The average molecular weight is 275 g/mol. The van der Waals surface area contributed by atoms with E-state index in [1.165, 1.54) is 4.90 Å². The number of rotatable bonds is 3. The second kappa shape index (κ2) is 5.75. The summed E-state index contributed by atoms with van der Waals surface area (Å²) in [6.45, 7) is 5.82. The molecule has 4 heteroatoms. The molecule has 1 N–H and O–H groups in total. The van der Waals surface area contributed by atoms with Crippen LogP contribution >= 0.6 is 0 Å². The first-order chi connectivity index (χ1) is 9.38. The minimum Gasteiger partial charge on any atom is -0.387 e. The number of carbonyl (C=O) groups excluding carboxylic acids is 2. The molecule has 1 aromatic rings. The Labute approximate surface area is 119 Å². The van der Waals surface area contributed by atoms with E-state index in [1.54, 1.807) is 0 Å². The second-order valence-corrected chi connectivity index (χ2v) is 5.79. The fourth-order valence-corrected chi connectivity index (χ4v) is 2.62. The number of piperidine rings is 1. The number of amides is 2. The quantitative estimate of drug-likeness (QED) is 0.860. The normalized spacial score (nSPS) is 18.5. The van der Waals surface area contributed by atoms with Crippen LogP contribution in [0.25, 0.3) is 0 Å². The number of aliphatic hydroxyl groups is 1. The summed E-state index contributed by atoms with van der Waals surface area (Å²) in [5.41, 5.74) is 2.80. The van der Waals surface area contributed by atoms with Crippen molar-refractivity contribution in [3.63, 3.8) is 0 Å². The Bertz CT molecular complexity index is 521. The zero-order valence-electron chi connectivity index (χ0n) is 12.2. The largest absolute Gasteiger partial charge is 0.387 e. The summed E-state index contributed by atoms with van der Waals surface area (Å²) in [6.07, 6.45) is -0.0625. The van der Waals surface area contributed by atoms with E-state index in [1.807, 2.05) is 39.0 Å². The molecule has 1 unspecified atom stereocenters. The summed E-state index contributed by atoms with van der Waals surface area (Å²) in [5.74, 6) is -0.264. The molecule has 1 atom stereocenters. The highest BCUT2D eigenvalue weighted by atomic mass is 16.3. The third-order valence-corrected chi connectivity index (χ3v) is 3.80. The second-order valence-electron chi connectivity index (χ2n) is 5.79. The fourth-order valence-electron chi connectivity index (χ4n) is 2.62. The Kier molecular flexibility index (Phi) is 4.23. The van der Waals surface area contributed by atoms with Gasteiger partial charge in [0.25, 0.3) is 0 Å². The van der Waals surface area contributed by atoms with Gasteiger partial charge in [0, 0.05) is 12.8 Å². The van der Waals surface area contributed by atoms with Crippen LogP contribution in [0.3, 0.4) is 0 Å². The van der Waals surface area contributed by atoms with Crippen molar-refractivity contribution in [2.45, 2.75) is 39.7 Å². The van der Waals surface area contributed by atoms with Gasteiger partial charge >= 0.3 is 0 Å². The van der Waals surface area contributed by atoms with Crippen molar-refractivity contribution in [2.24, 2.45) is 5.92 Å². The number of imide groups is 1. The summed E-state index contributed by atoms with van der Waals surface area (Å²) in [5, 5.41) is 10.3. The first kappa shape index (κ1) is 14.7. The molecular weight excluding hydrogens is 254 g/mol. The predicted molar refractivity (Wildman–Crippen MR) is 76.0 cm³/mol. The Morgan fingerprint density at radius 3 is 2.45 bits per heavy atom. The summed E-state index contributed by atoms with van der Waals surface area (Å²) in [4.78, 5) is 25.1. The Morgan fingerprint density at radius 1 is 1.25 bits per heavy atom. The zero-order chi connectivity index (χ0) is 14.9. The molecule has 108 valence electrons. The van der Waals surface area contributed by atoms with Crippen molar-refractivity contribution in [1.29, 1.82) is 0 Å². The lowest BCUT2D eigenvalue weighted by molar-refractivity contribution is -0.151. The molecule has 1 heterocycles. The molecule has 1 aliphatic heterocycles. The Morgan fingerprint density at radius 2 is 1.85 bits per heavy atom. The van der Waals surface area contributed by atoms with Gasteiger partial charge in [0.15, 0.2) is 0 Å². The third-order valence-electron chi connectivity index (χ3n) is 3.80. The maximum Gasteiger partial charge on any atom is 0.229 e. The highest BCUT2D eigenvalue weighted by Crippen LogP contribution is 2.24. The van der Waals surface area contributed by atoms with E-state index in [0.717, 1.165) is 16.7 Å². The minimum absolute atomic E-state index is 0.0503. The maximum atomic E-state index is 11.9. The van der Waals surface area contributed by atoms with Crippen molar-refractivity contribution in [1.82, 2.24) is 4.90 Å². The van der Waals surface area contributed by atoms with Gasteiger partial charge in [-0.1, -0.05) is 30.7 Å². The minimum atomic E-state index is -0.823. The molecule has 1 fully saturated rings. The Hall–Kier alpha value is -1.68. The lowest BCUT2D eigenvalue weighted by Gasteiger charge is -2.30. The number of likely N-dealkylation sites (tertiary alicyclic amines) is 1. The van der Waals surface area contributed by atoms with Crippen LogP contribution in [0.4, 0.5) is 0 Å². The monoisotopic (exact) mass is 275 g/mol. The van der Waals surface area contributed by atoms with Crippen molar-refractivity contribution < 1.29 is 14.7 Å². The standard InChI is InChI=1S/C16H21NO3/c1-10-4-5-12(3)13(6-10)14(18)9-17-15(19)7-11(2)8-16(17)20/h4-6,11,14,18H,7-9H2,1-3H3. The topological polar surface area (TPSA) is 57.6 Å². The molecule has 2 rings (SSSR count). The van der Waals surface area contributed by atoms with E-state index in [0.29, 0.717) is 12.8 Å². The van der Waals surface area contributed by atoms with Crippen LogP contribution in [0.2, 0.25) is 0 Å². The van der Waals surface area contributed by atoms with Gasteiger partial charge in [0.2, 0.25) is 11.8 Å². The number of carbonyl (C=O) groups is 2.